The fourth-order valence-electron chi connectivity index (χ4n) is 6.43. The van der Waals surface area contributed by atoms with Crippen LogP contribution in [0.25, 0.3) is 16.6 Å². The van der Waals surface area contributed by atoms with E-state index in [1.807, 2.05) is 49.5 Å². The lowest BCUT2D eigenvalue weighted by atomic mass is 9.81. The average Bonchev–Trinajstić information content (AvgIpc) is 3.79. The lowest BCUT2D eigenvalue weighted by molar-refractivity contribution is -0.131. The van der Waals surface area contributed by atoms with Crippen LogP contribution in [0, 0.1) is 12.8 Å². The van der Waals surface area contributed by atoms with E-state index in [1.165, 1.54) is 0 Å². The molecule has 218 valence electrons. The Balaban J connectivity index is 1.18. The number of benzene rings is 2. The van der Waals surface area contributed by atoms with Crippen LogP contribution in [0.3, 0.4) is 0 Å². The van der Waals surface area contributed by atoms with Gasteiger partial charge in [-0.25, -0.2) is 18.4 Å². The summed E-state index contributed by atoms with van der Waals surface area (Å²) in [4.78, 5) is 38.5. The summed E-state index contributed by atoms with van der Waals surface area (Å²) in [5, 5.41) is 8.11. The topological polar surface area (TPSA) is 92.5 Å². The Morgan fingerprint density at radius 1 is 1.07 bits per heavy atom. The molecule has 0 spiro atoms. The van der Waals surface area contributed by atoms with Gasteiger partial charge in [0.25, 0.3) is 5.91 Å². The third-order valence-electron chi connectivity index (χ3n) is 8.58. The van der Waals surface area contributed by atoms with Gasteiger partial charge >= 0.3 is 0 Å². The van der Waals surface area contributed by atoms with Crippen molar-refractivity contribution < 1.29 is 18.4 Å². The molecule has 2 amide bonds. The summed E-state index contributed by atoms with van der Waals surface area (Å²) in [5.41, 5.74) is 5.98. The molecule has 1 saturated carbocycles. The summed E-state index contributed by atoms with van der Waals surface area (Å²) in [6.45, 7) is 2.25. The number of anilines is 1. The molecule has 0 unspecified atom stereocenters. The van der Waals surface area contributed by atoms with Crippen LogP contribution in [0.5, 0.6) is 0 Å². The van der Waals surface area contributed by atoms with Gasteiger partial charge in [0.1, 0.15) is 0 Å². The van der Waals surface area contributed by atoms with E-state index in [-0.39, 0.29) is 12.8 Å². The van der Waals surface area contributed by atoms with Gasteiger partial charge in [0.2, 0.25) is 11.8 Å². The number of fused-ring (bicyclic) bond motifs is 3. The highest BCUT2D eigenvalue weighted by Gasteiger charge is 2.47. The summed E-state index contributed by atoms with van der Waals surface area (Å²) in [7, 11) is 0. The Morgan fingerprint density at radius 2 is 1.88 bits per heavy atom. The summed E-state index contributed by atoms with van der Waals surface area (Å²) in [6.07, 6.45) is 5.74. The summed E-state index contributed by atoms with van der Waals surface area (Å²) < 4.78 is 31.4. The van der Waals surface area contributed by atoms with E-state index in [9.17, 15) is 18.4 Å². The third-order valence-corrected chi connectivity index (χ3v) is 8.58. The van der Waals surface area contributed by atoms with Crippen LogP contribution in [0.15, 0.2) is 78.1 Å². The number of amides is 2. The van der Waals surface area contributed by atoms with Crippen LogP contribution >= 0.6 is 0 Å². The molecule has 0 saturated heterocycles. The van der Waals surface area contributed by atoms with E-state index in [0.717, 1.165) is 39.3 Å². The monoisotopic (exact) mass is 580 g/mol. The van der Waals surface area contributed by atoms with Crippen molar-refractivity contribution in [3.8, 4) is 5.69 Å². The molecule has 1 aliphatic carbocycles. The van der Waals surface area contributed by atoms with Gasteiger partial charge in [-0.05, 0) is 56.2 Å². The van der Waals surface area contributed by atoms with E-state index in [1.54, 1.807) is 40.0 Å². The molecule has 8 nitrogen and oxygen atoms in total. The van der Waals surface area contributed by atoms with E-state index < -0.39 is 36.1 Å². The number of hydrogen-bond donors (Lipinski definition) is 1. The number of aryl methyl sites for hydroxylation is 1. The van der Waals surface area contributed by atoms with Crippen molar-refractivity contribution in [2.75, 3.05) is 11.4 Å². The van der Waals surface area contributed by atoms with Crippen LogP contribution in [0.2, 0.25) is 0 Å². The lowest BCUT2D eigenvalue weighted by Gasteiger charge is -2.37. The van der Waals surface area contributed by atoms with Gasteiger partial charge in [-0.1, -0.05) is 24.3 Å². The molecular formula is C33H30F2N6O2. The molecule has 2 atom stereocenters. The average molecular weight is 581 g/mol. The smallest absolute Gasteiger partial charge is 0.251 e. The molecule has 2 aromatic carbocycles. The van der Waals surface area contributed by atoms with Crippen molar-refractivity contribution in [1.82, 2.24) is 20.1 Å². The number of hydrogen-bond acceptors (Lipinski definition) is 5. The fraction of sp³-hybridized carbons (Fsp3) is 0.303. The van der Waals surface area contributed by atoms with E-state index >= 15 is 0 Å². The van der Waals surface area contributed by atoms with E-state index in [2.05, 4.69) is 15.4 Å². The van der Waals surface area contributed by atoms with Crippen molar-refractivity contribution in [2.45, 2.75) is 51.0 Å². The Labute approximate surface area is 247 Å². The Kier molecular flexibility index (Phi) is 6.64. The van der Waals surface area contributed by atoms with Crippen LogP contribution in [-0.4, -0.2) is 50.8 Å². The summed E-state index contributed by atoms with van der Waals surface area (Å²) >= 11 is 0. The molecule has 43 heavy (non-hydrogen) atoms. The molecule has 2 aromatic heterocycles. The lowest BCUT2D eigenvalue weighted by Crippen LogP contribution is -2.52. The Bertz CT molecular complexity index is 1810. The zero-order chi connectivity index (χ0) is 29.7. The number of carbonyl (C=O) groups excluding carboxylic acids is 2. The minimum atomic E-state index is -3.00. The number of carbonyl (C=O) groups is 2. The molecule has 4 heterocycles. The van der Waals surface area contributed by atoms with Crippen LogP contribution in [-0.2, 0) is 11.2 Å². The second kappa shape index (κ2) is 10.5. The normalized spacial score (nSPS) is 20.7. The first-order valence-corrected chi connectivity index (χ1v) is 14.5. The first kappa shape index (κ1) is 27.1. The molecule has 4 aromatic rings. The number of nitrogens with one attached hydrogen (secondary N) is 1. The number of nitrogens with zero attached hydrogens (tertiary/aromatic N) is 5. The van der Waals surface area contributed by atoms with Gasteiger partial charge in [0.05, 0.1) is 39.9 Å². The number of allylic oxidation sites excluding steroid dienone is 1. The van der Waals surface area contributed by atoms with Gasteiger partial charge < -0.3 is 10.2 Å². The number of aromatic nitrogens is 3. The standard InChI is InChI=1S/C33H30F2N6O2/c1-20-13-18-41(39-20)22-10-8-21(9-11-22)31(42)38-27-12-15-33(34,35)19-25(27)32(43)40-17-14-24-29(28-7-4-16-36-28)37-26-6-3-2-5-23(26)30(24)40/h2-6,8-11,13,16,18,25,27H,7,12,14-15,17,19H2,1H3,(H,38,42)/t25-,27+/m0/s1. The quantitative estimate of drug-likeness (QED) is 0.335. The molecule has 1 N–H and O–H groups in total. The van der Waals surface area contributed by atoms with E-state index in [0.29, 0.717) is 30.6 Å². The number of rotatable bonds is 5. The third kappa shape index (κ3) is 5.00. The maximum Gasteiger partial charge on any atom is 0.251 e. The molecular weight excluding hydrogens is 550 g/mol. The predicted molar refractivity (Wildman–Crippen MR) is 160 cm³/mol. The highest BCUT2D eigenvalue weighted by molar-refractivity contribution is 6.12. The van der Waals surface area contributed by atoms with Crippen molar-refractivity contribution in [3.05, 3.63) is 95.6 Å². The molecule has 10 heteroatoms. The largest absolute Gasteiger partial charge is 0.348 e. The molecule has 1 fully saturated rings. The maximum absolute atomic E-state index is 14.8. The van der Waals surface area contributed by atoms with Gasteiger partial charge in [-0.15, -0.1) is 0 Å². The van der Waals surface area contributed by atoms with Crippen LogP contribution in [0.4, 0.5) is 14.5 Å². The van der Waals surface area contributed by atoms with Crippen molar-refractivity contribution in [3.63, 3.8) is 0 Å². The molecule has 3 aliphatic rings. The number of alkyl halides is 2. The zero-order valence-electron chi connectivity index (χ0n) is 23.6. The van der Waals surface area contributed by atoms with Gasteiger partial charge in [-0.3, -0.25) is 14.6 Å². The Hall–Kier alpha value is -4.73. The minimum absolute atomic E-state index is 0.00527. The van der Waals surface area contributed by atoms with Gasteiger partial charge in [0.15, 0.2) is 0 Å². The van der Waals surface area contributed by atoms with Crippen molar-refractivity contribution >= 4 is 34.1 Å². The fourth-order valence-corrected chi connectivity index (χ4v) is 6.43. The van der Waals surface area contributed by atoms with Gasteiger partial charge in [-0.2, -0.15) is 5.10 Å². The summed E-state index contributed by atoms with van der Waals surface area (Å²) in [5.74, 6) is -4.88. The number of pyridine rings is 1. The summed E-state index contributed by atoms with van der Waals surface area (Å²) in [6, 6.07) is 15.6. The molecule has 7 rings (SSSR count). The SMILES string of the molecule is Cc1ccn(-c2ccc(C(=O)N[C@@H]3CCC(F)(F)C[C@@H]3C(=O)N3CCc4c(C5=NC=CC5)nc5ccccc5c43)cc2)n1. The minimum Gasteiger partial charge on any atom is -0.348 e. The van der Waals surface area contributed by atoms with Crippen molar-refractivity contribution in [2.24, 2.45) is 10.9 Å². The molecule has 0 radical (unpaired) electrons. The number of para-hydroxylation sites is 1. The van der Waals surface area contributed by atoms with Gasteiger partial charge in [0, 0.05) is 60.8 Å². The highest BCUT2D eigenvalue weighted by atomic mass is 19.3. The second-order valence-corrected chi connectivity index (χ2v) is 11.4. The number of halogens is 2. The van der Waals surface area contributed by atoms with Crippen LogP contribution < -0.4 is 10.2 Å². The molecule has 0 bridgehead atoms. The van der Waals surface area contributed by atoms with Crippen molar-refractivity contribution in [1.29, 1.82) is 0 Å². The second-order valence-electron chi connectivity index (χ2n) is 11.4. The number of aliphatic imine (C=N–C) groups is 1. The zero-order valence-corrected chi connectivity index (χ0v) is 23.6. The Morgan fingerprint density at radius 3 is 2.63 bits per heavy atom. The van der Waals surface area contributed by atoms with E-state index in [4.69, 9.17) is 4.98 Å². The maximum atomic E-state index is 14.8. The predicted octanol–water partition coefficient (Wildman–Crippen LogP) is 5.56. The highest BCUT2D eigenvalue weighted by Crippen LogP contribution is 2.42. The first-order valence-electron chi connectivity index (χ1n) is 14.5. The van der Waals surface area contributed by atoms with Crippen LogP contribution in [0.1, 0.15) is 53.0 Å². The first-order chi connectivity index (χ1) is 20.8. The molecule has 2 aliphatic heterocycles.